The molecule has 0 spiro atoms. The van der Waals surface area contributed by atoms with Crippen LogP contribution in [0.2, 0.25) is 0 Å². The molecule has 2 aromatic carbocycles. The van der Waals surface area contributed by atoms with Crippen LogP contribution in [0.1, 0.15) is 58.4 Å². The number of hydrogen-bond donors (Lipinski definition) is 0. The van der Waals surface area contributed by atoms with Gasteiger partial charge in [0.2, 0.25) is 0 Å². The number of aliphatic imine (C=N–C) groups is 1. The molecule has 5 heteroatoms. The number of unbranched alkanes of at least 4 members (excludes halogenated alkanes) is 1. The Balaban J connectivity index is 1.30. The summed E-state index contributed by atoms with van der Waals surface area (Å²) < 4.78 is 17.4. The lowest BCUT2D eigenvalue weighted by Crippen LogP contribution is -2.68. The van der Waals surface area contributed by atoms with E-state index >= 15 is 0 Å². The Morgan fingerprint density at radius 2 is 1.78 bits per heavy atom. The first kappa shape index (κ1) is 19.8. The lowest BCUT2D eigenvalue weighted by molar-refractivity contribution is -0.0950. The van der Waals surface area contributed by atoms with Crippen molar-refractivity contribution in [1.82, 2.24) is 0 Å². The molecule has 2 bridgehead atoms. The first-order chi connectivity index (χ1) is 15.3. The van der Waals surface area contributed by atoms with E-state index in [9.17, 15) is 4.79 Å². The largest absolute Gasteiger partial charge is 0.493 e. The van der Waals surface area contributed by atoms with Crippen LogP contribution in [-0.2, 0) is 10.2 Å². The minimum atomic E-state index is -0.286. The smallest absolute Gasteiger partial charge is 0.344 e. The third kappa shape index (κ3) is 2.83. The molecule has 4 aliphatic rings. The van der Waals surface area contributed by atoms with Crippen LogP contribution in [0.15, 0.2) is 50.6 Å². The van der Waals surface area contributed by atoms with Crippen LogP contribution in [0.25, 0.3) is 21.7 Å². The van der Waals surface area contributed by atoms with Gasteiger partial charge in [0.05, 0.1) is 17.5 Å². The Bertz CT molecular complexity index is 1310. The highest BCUT2D eigenvalue weighted by molar-refractivity contribution is 6.05. The average molecular weight is 432 g/mol. The van der Waals surface area contributed by atoms with Gasteiger partial charge in [-0.1, -0.05) is 25.5 Å². The van der Waals surface area contributed by atoms with Crippen molar-refractivity contribution in [3.05, 3.63) is 52.4 Å². The van der Waals surface area contributed by atoms with Crippen molar-refractivity contribution < 1.29 is 13.9 Å². The molecule has 0 radical (unpaired) electrons. The van der Waals surface area contributed by atoms with Crippen molar-refractivity contribution in [2.45, 2.75) is 63.8 Å². The summed E-state index contributed by atoms with van der Waals surface area (Å²) in [5.74, 6) is 1.69. The van der Waals surface area contributed by atoms with Gasteiger partial charge < -0.3 is 13.9 Å². The molecule has 5 nitrogen and oxygen atoms in total. The van der Waals surface area contributed by atoms with Crippen molar-refractivity contribution in [3.8, 4) is 5.75 Å². The number of nitrogens with zero attached hydrogens (tertiary/aromatic N) is 1. The lowest BCUT2D eigenvalue weighted by atomic mass is 9.33. The van der Waals surface area contributed by atoms with E-state index in [1.165, 1.54) is 5.56 Å². The number of ether oxygens (including phenoxy) is 2. The van der Waals surface area contributed by atoms with E-state index in [2.05, 4.69) is 39.0 Å². The first-order valence-electron chi connectivity index (χ1n) is 11.7. The molecule has 0 atom stereocenters. The molecular weight excluding hydrogens is 402 g/mol. The highest BCUT2D eigenvalue weighted by Gasteiger charge is 2.72. The zero-order valence-electron chi connectivity index (χ0n) is 19.0. The standard InChI is InChI=1S/C27H29NO4/c1-4-5-10-30-18-7-9-20-19-8-6-17(11-21(19)23(29)32-22(20)12-18)26-13-27(14-26,15-26)24-28-25(2,3)16-31-24/h6-9,11-12H,4-5,10,13-16H2,1-3H3. The van der Waals surface area contributed by atoms with Crippen LogP contribution in [0.5, 0.6) is 5.75 Å². The maximum atomic E-state index is 12.9. The molecule has 7 rings (SSSR count). The second-order valence-electron chi connectivity index (χ2n) is 10.6. The minimum Gasteiger partial charge on any atom is -0.493 e. The zero-order valence-corrected chi connectivity index (χ0v) is 19.0. The van der Waals surface area contributed by atoms with Crippen LogP contribution in [0.4, 0.5) is 0 Å². The third-order valence-corrected chi connectivity index (χ3v) is 7.51. The molecule has 166 valence electrons. The second kappa shape index (κ2) is 6.60. The topological polar surface area (TPSA) is 61.0 Å². The molecule has 0 unspecified atom stereocenters. The van der Waals surface area contributed by atoms with E-state index in [4.69, 9.17) is 18.9 Å². The van der Waals surface area contributed by atoms with Gasteiger partial charge >= 0.3 is 5.63 Å². The SMILES string of the molecule is CCCCOc1ccc2c(c1)oc(=O)c1cc(C34CC(C5=NC(C)(C)CO5)(C3)C4)ccc12. The second-order valence-corrected chi connectivity index (χ2v) is 10.6. The Hall–Kier alpha value is -2.82. The molecule has 0 saturated heterocycles. The van der Waals surface area contributed by atoms with E-state index in [1.807, 2.05) is 18.2 Å². The molecule has 3 aromatic rings. The summed E-state index contributed by atoms with van der Waals surface area (Å²) in [6.07, 6.45) is 5.24. The van der Waals surface area contributed by atoms with Gasteiger partial charge in [0.25, 0.3) is 0 Å². The lowest BCUT2D eigenvalue weighted by Gasteiger charge is -2.70. The highest BCUT2D eigenvalue weighted by Crippen LogP contribution is 2.74. The number of benzene rings is 2. The van der Waals surface area contributed by atoms with E-state index in [0.29, 0.717) is 24.2 Å². The molecule has 3 saturated carbocycles. The molecule has 3 aliphatic carbocycles. The van der Waals surface area contributed by atoms with Crippen LogP contribution in [0, 0.1) is 5.41 Å². The maximum Gasteiger partial charge on any atom is 0.344 e. The summed E-state index contributed by atoms with van der Waals surface area (Å²) in [6.45, 7) is 7.71. The fourth-order valence-electron chi connectivity index (χ4n) is 5.84. The van der Waals surface area contributed by atoms with Crippen LogP contribution in [-0.4, -0.2) is 24.7 Å². The Labute approximate surface area is 187 Å². The average Bonchev–Trinajstić information content (AvgIpc) is 3.06. The van der Waals surface area contributed by atoms with Crippen molar-refractivity contribution >= 4 is 27.6 Å². The van der Waals surface area contributed by atoms with E-state index < -0.39 is 0 Å². The molecule has 1 aliphatic heterocycles. The summed E-state index contributed by atoms with van der Waals surface area (Å²) in [4.78, 5) is 17.7. The number of rotatable bonds is 6. The van der Waals surface area contributed by atoms with E-state index in [1.54, 1.807) is 0 Å². The predicted octanol–water partition coefficient (Wildman–Crippen LogP) is 5.75. The van der Waals surface area contributed by atoms with Gasteiger partial charge in [-0.15, -0.1) is 0 Å². The van der Waals surface area contributed by atoms with E-state index in [-0.39, 0.29) is 22.0 Å². The van der Waals surface area contributed by atoms with Crippen molar-refractivity contribution in [2.75, 3.05) is 13.2 Å². The van der Waals surface area contributed by atoms with Gasteiger partial charge in [0.1, 0.15) is 17.9 Å². The fraction of sp³-hybridized carbons (Fsp3) is 0.481. The molecule has 32 heavy (non-hydrogen) atoms. The van der Waals surface area contributed by atoms with Gasteiger partial charge in [0, 0.05) is 16.9 Å². The zero-order chi connectivity index (χ0) is 22.1. The van der Waals surface area contributed by atoms with Gasteiger partial charge in [-0.3, -0.25) is 0 Å². The molecule has 0 amide bonds. The van der Waals surface area contributed by atoms with Gasteiger partial charge in [-0.2, -0.15) is 0 Å². The summed E-state index contributed by atoms with van der Waals surface area (Å²) in [5, 5.41) is 2.54. The molecule has 3 fully saturated rings. The Morgan fingerprint density at radius 1 is 1.00 bits per heavy atom. The van der Waals surface area contributed by atoms with E-state index in [0.717, 1.165) is 54.5 Å². The summed E-state index contributed by atoms with van der Waals surface area (Å²) >= 11 is 0. The number of fused-ring (bicyclic) bond motifs is 3. The van der Waals surface area contributed by atoms with Gasteiger partial charge in [-0.05, 0) is 74.1 Å². The molecule has 0 N–H and O–H groups in total. The normalized spacial score (nSPS) is 27.5. The summed E-state index contributed by atoms with van der Waals surface area (Å²) in [7, 11) is 0. The third-order valence-electron chi connectivity index (χ3n) is 7.51. The minimum absolute atomic E-state index is 0.109. The van der Waals surface area contributed by atoms with Gasteiger partial charge in [-0.25, -0.2) is 9.79 Å². The Kier molecular flexibility index (Phi) is 4.09. The van der Waals surface area contributed by atoms with Crippen molar-refractivity contribution in [2.24, 2.45) is 10.4 Å². The number of hydrogen-bond acceptors (Lipinski definition) is 5. The molecule has 2 heterocycles. The maximum absolute atomic E-state index is 12.9. The quantitative estimate of drug-likeness (QED) is 0.283. The van der Waals surface area contributed by atoms with Crippen LogP contribution in [0.3, 0.4) is 0 Å². The van der Waals surface area contributed by atoms with Crippen molar-refractivity contribution in [1.29, 1.82) is 0 Å². The highest BCUT2D eigenvalue weighted by atomic mass is 16.5. The monoisotopic (exact) mass is 431 g/mol. The first-order valence-corrected chi connectivity index (χ1v) is 11.7. The molecule has 1 aromatic heterocycles. The Morgan fingerprint density at radius 3 is 2.50 bits per heavy atom. The molecular formula is C27H29NO4. The fourth-order valence-corrected chi connectivity index (χ4v) is 5.84. The van der Waals surface area contributed by atoms with Gasteiger partial charge in [0.15, 0.2) is 5.90 Å². The predicted molar refractivity (Wildman–Crippen MR) is 126 cm³/mol. The van der Waals surface area contributed by atoms with Crippen LogP contribution >= 0.6 is 0 Å². The van der Waals surface area contributed by atoms with Crippen LogP contribution < -0.4 is 10.4 Å². The summed E-state index contributed by atoms with van der Waals surface area (Å²) in [5.41, 5.74) is 1.67. The van der Waals surface area contributed by atoms with Crippen molar-refractivity contribution in [3.63, 3.8) is 0 Å². The summed E-state index contributed by atoms with van der Waals surface area (Å²) in [6, 6.07) is 12.1.